The van der Waals surface area contributed by atoms with E-state index in [4.69, 9.17) is 14.2 Å². The second-order valence-corrected chi connectivity index (χ2v) is 9.28. The SMILES string of the molecule is Cc1c(CN(C)C(=O)/C=C/c2cnc3c(c2)CCCN3COP(=O)(O)O)oc2ccccc12. The Bertz CT molecular complexity index is 1250. The Kier molecular flexibility index (Phi) is 6.67. The number of fused-ring (bicyclic) bond motifs is 2. The van der Waals surface area contributed by atoms with Crippen LogP contribution < -0.4 is 4.90 Å². The molecule has 0 atom stereocenters. The van der Waals surface area contributed by atoms with Crippen LogP contribution in [0.3, 0.4) is 0 Å². The molecule has 33 heavy (non-hydrogen) atoms. The number of para-hydroxylation sites is 1. The smallest absolute Gasteiger partial charge is 0.459 e. The third kappa shape index (κ3) is 5.51. The van der Waals surface area contributed by atoms with Gasteiger partial charge in [0.25, 0.3) is 0 Å². The highest BCUT2D eigenvalue weighted by molar-refractivity contribution is 7.46. The summed E-state index contributed by atoms with van der Waals surface area (Å²) in [7, 11) is -2.83. The molecule has 2 aromatic heterocycles. The van der Waals surface area contributed by atoms with E-state index in [9.17, 15) is 9.36 Å². The normalized spacial score (nSPS) is 14.1. The number of pyridine rings is 1. The average Bonchev–Trinajstić information content (AvgIpc) is 3.10. The molecule has 4 rings (SSSR count). The molecule has 9 nitrogen and oxygen atoms in total. The number of hydrogen-bond donors (Lipinski definition) is 2. The highest BCUT2D eigenvalue weighted by atomic mass is 31.2. The number of aryl methyl sites for hydroxylation is 2. The van der Waals surface area contributed by atoms with Crippen molar-refractivity contribution in [2.45, 2.75) is 26.3 Å². The van der Waals surface area contributed by atoms with Crippen LogP contribution in [0.15, 0.2) is 47.0 Å². The van der Waals surface area contributed by atoms with E-state index < -0.39 is 7.82 Å². The van der Waals surface area contributed by atoms with Crippen molar-refractivity contribution >= 4 is 36.6 Å². The van der Waals surface area contributed by atoms with Gasteiger partial charge in [-0.25, -0.2) is 9.55 Å². The van der Waals surface area contributed by atoms with Crippen molar-refractivity contribution in [1.82, 2.24) is 9.88 Å². The molecule has 3 aromatic rings. The molecule has 0 spiro atoms. The first-order chi connectivity index (χ1) is 15.7. The number of anilines is 1. The maximum absolute atomic E-state index is 12.6. The van der Waals surface area contributed by atoms with Crippen molar-refractivity contribution in [3.8, 4) is 0 Å². The highest BCUT2D eigenvalue weighted by Gasteiger charge is 2.22. The van der Waals surface area contributed by atoms with Crippen molar-refractivity contribution < 1.29 is 28.1 Å². The summed E-state index contributed by atoms with van der Waals surface area (Å²) in [6, 6.07) is 9.73. The van der Waals surface area contributed by atoms with E-state index >= 15 is 0 Å². The van der Waals surface area contributed by atoms with Gasteiger partial charge in [-0.1, -0.05) is 18.2 Å². The van der Waals surface area contributed by atoms with Gasteiger partial charge in [0.1, 0.15) is 23.9 Å². The van der Waals surface area contributed by atoms with Crippen molar-refractivity contribution in [1.29, 1.82) is 0 Å². The Morgan fingerprint density at radius 3 is 2.91 bits per heavy atom. The van der Waals surface area contributed by atoms with Crippen LogP contribution >= 0.6 is 7.82 Å². The Hall–Kier alpha value is -2.97. The monoisotopic (exact) mass is 471 g/mol. The van der Waals surface area contributed by atoms with Gasteiger partial charge in [-0.3, -0.25) is 9.32 Å². The maximum Gasteiger partial charge on any atom is 0.471 e. The zero-order valence-electron chi connectivity index (χ0n) is 18.5. The molecule has 0 radical (unpaired) electrons. The summed E-state index contributed by atoms with van der Waals surface area (Å²) in [5, 5.41) is 1.05. The van der Waals surface area contributed by atoms with E-state index in [2.05, 4.69) is 9.51 Å². The Morgan fingerprint density at radius 2 is 2.15 bits per heavy atom. The number of rotatable bonds is 7. The molecular weight excluding hydrogens is 445 g/mol. The molecule has 10 heteroatoms. The fraction of sp³-hybridized carbons (Fsp3) is 0.304. The second-order valence-electron chi connectivity index (χ2n) is 8.04. The fourth-order valence-electron chi connectivity index (χ4n) is 3.88. The lowest BCUT2D eigenvalue weighted by molar-refractivity contribution is -0.125. The molecule has 0 saturated carbocycles. The summed E-state index contributed by atoms with van der Waals surface area (Å²) in [6.45, 7) is 2.71. The van der Waals surface area contributed by atoms with Crippen LogP contribution in [0.25, 0.3) is 17.0 Å². The number of amides is 1. The summed E-state index contributed by atoms with van der Waals surface area (Å²) in [4.78, 5) is 38.2. The second kappa shape index (κ2) is 9.49. The maximum atomic E-state index is 12.6. The molecule has 1 aromatic carbocycles. The number of furan rings is 1. The van der Waals surface area contributed by atoms with Gasteiger partial charge >= 0.3 is 7.82 Å². The standard InChI is InChI=1S/C23H26N3O6P/c1-16-19-7-3-4-8-20(19)32-21(16)14-25(2)22(27)10-9-17-12-18-6-5-11-26(23(18)24-13-17)15-31-33(28,29)30/h3-4,7-10,12-13H,5-6,11,14-15H2,1-2H3,(H2,28,29,30)/b10-9+. The van der Waals surface area contributed by atoms with Crippen LogP contribution in [0.2, 0.25) is 0 Å². The van der Waals surface area contributed by atoms with Gasteiger partial charge in [0, 0.05) is 36.8 Å². The zero-order valence-corrected chi connectivity index (χ0v) is 19.4. The molecule has 0 bridgehead atoms. The first-order valence-electron chi connectivity index (χ1n) is 10.6. The molecule has 1 aliphatic heterocycles. The number of benzene rings is 1. The number of hydrogen-bond acceptors (Lipinski definition) is 6. The molecule has 3 heterocycles. The van der Waals surface area contributed by atoms with Gasteiger partial charge in [-0.15, -0.1) is 0 Å². The number of phosphoric ester groups is 1. The summed E-state index contributed by atoms with van der Waals surface area (Å²) < 4.78 is 21.5. The lowest BCUT2D eigenvalue weighted by Gasteiger charge is -2.29. The third-order valence-electron chi connectivity index (χ3n) is 5.64. The third-order valence-corrected chi connectivity index (χ3v) is 6.09. The van der Waals surface area contributed by atoms with Gasteiger partial charge in [0.05, 0.1) is 6.54 Å². The molecular formula is C23H26N3O6P. The zero-order chi connectivity index (χ0) is 23.6. The largest absolute Gasteiger partial charge is 0.471 e. The number of likely N-dealkylation sites (N-methyl/N-ethyl adjacent to an activating group) is 1. The van der Waals surface area contributed by atoms with Gasteiger partial charge < -0.3 is 24.0 Å². The lowest BCUT2D eigenvalue weighted by atomic mass is 10.0. The Morgan fingerprint density at radius 1 is 1.36 bits per heavy atom. The fourth-order valence-corrected chi connectivity index (χ4v) is 4.17. The first kappa shape index (κ1) is 23.2. The average molecular weight is 471 g/mol. The summed E-state index contributed by atoms with van der Waals surface area (Å²) >= 11 is 0. The van der Waals surface area contributed by atoms with Crippen molar-refractivity contribution in [2.75, 3.05) is 25.2 Å². The number of carbonyl (C=O) groups excluding carboxylic acids is 1. The number of aromatic nitrogens is 1. The molecule has 0 saturated heterocycles. The minimum Gasteiger partial charge on any atom is -0.459 e. The number of phosphoric acid groups is 1. The summed E-state index contributed by atoms with van der Waals surface area (Å²) in [5.41, 5.74) is 3.55. The molecule has 0 fully saturated rings. The van der Waals surface area contributed by atoms with E-state index in [1.807, 2.05) is 37.3 Å². The minimum atomic E-state index is -4.55. The number of carbonyl (C=O) groups is 1. The van der Waals surface area contributed by atoms with E-state index in [0.717, 1.165) is 46.3 Å². The van der Waals surface area contributed by atoms with Crippen molar-refractivity contribution in [2.24, 2.45) is 0 Å². The van der Waals surface area contributed by atoms with Gasteiger partial charge in [0.15, 0.2) is 0 Å². The first-order valence-corrected chi connectivity index (χ1v) is 12.1. The van der Waals surface area contributed by atoms with Crippen LogP contribution in [-0.2, 0) is 26.8 Å². The molecule has 2 N–H and O–H groups in total. The molecule has 0 unspecified atom stereocenters. The van der Waals surface area contributed by atoms with Crippen molar-refractivity contribution in [3.05, 3.63) is 65.1 Å². The Balaban J connectivity index is 1.42. The van der Waals surface area contributed by atoms with E-state index in [-0.39, 0.29) is 12.6 Å². The van der Waals surface area contributed by atoms with Crippen molar-refractivity contribution in [3.63, 3.8) is 0 Å². The van der Waals surface area contributed by atoms with Crippen LogP contribution in [0.5, 0.6) is 0 Å². The highest BCUT2D eigenvalue weighted by Crippen LogP contribution is 2.37. The van der Waals surface area contributed by atoms with Gasteiger partial charge in [-0.05, 0) is 49.1 Å². The topological polar surface area (TPSA) is 116 Å². The minimum absolute atomic E-state index is 0.163. The molecule has 0 aliphatic carbocycles. The predicted octanol–water partition coefficient (Wildman–Crippen LogP) is 3.63. The summed E-state index contributed by atoms with van der Waals surface area (Å²) in [5.74, 6) is 1.23. The summed E-state index contributed by atoms with van der Waals surface area (Å²) in [6.07, 6.45) is 6.43. The lowest BCUT2D eigenvalue weighted by Crippen LogP contribution is -2.32. The van der Waals surface area contributed by atoms with Gasteiger partial charge in [0.2, 0.25) is 5.91 Å². The van der Waals surface area contributed by atoms with Crippen LogP contribution in [0.4, 0.5) is 5.82 Å². The van der Waals surface area contributed by atoms with Gasteiger partial charge in [-0.2, -0.15) is 0 Å². The van der Waals surface area contributed by atoms with Crippen LogP contribution in [-0.4, -0.2) is 45.9 Å². The predicted molar refractivity (Wildman–Crippen MR) is 124 cm³/mol. The quantitative estimate of drug-likeness (QED) is 0.396. The molecule has 1 amide bonds. The van der Waals surface area contributed by atoms with E-state index in [1.165, 1.54) is 6.08 Å². The Labute approximate surface area is 191 Å². The number of nitrogens with zero attached hydrogens (tertiary/aromatic N) is 3. The van der Waals surface area contributed by atoms with E-state index in [1.54, 1.807) is 29.1 Å². The van der Waals surface area contributed by atoms with Crippen LogP contribution in [0.1, 0.15) is 28.9 Å². The van der Waals surface area contributed by atoms with Crippen LogP contribution in [0, 0.1) is 6.92 Å². The molecule has 174 valence electrons. The van der Waals surface area contributed by atoms with E-state index in [0.29, 0.717) is 18.9 Å². The molecule has 1 aliphatic rings.